The van der Waals surface area contributed by atoms with E-state index in [1.165, 1.54) is 4.90 Å². The third kappa shape index (κ3) is 6.57. The Balaban J connectivity index is 2.31. The van der Waals surface area contributed by atoms with E-state index in [9.17, 15) is 9.59 Å². The second-order valence-corrected chi connectivity index (χ2v) is 6.03. The fourth-order valence-corrected chi connectivity index (χ4v) is 2.14. The van der Waals surface area contributed by atoms with E-state index in [0.29, 0.717) is 24.9 Å². The fraction of sp³-hybridized carbons (Fsp3) is 0.857. The van der Waals surface area contributed by atoms with Gasteiger partial charge >= 0.3 is 0 Å². The van der Waals surface area contributed by atoms with Crippen molar-refractivity contribution in [2.45, 2.75) is 45.6 Å². The Morgan fingerprint density at radius 2 is 2.00 bits per heavy atom. The summed E-state index contributed by atoms with van der Waals surface area (Å²) < 4.78 is 0. The van der Waals surface area contributed by atoms with Crippen LogP contribution in [0.2, 0.25) is 0 Å². The van der Waals surface area contributed by atoms with Gasteiger partial charge in [0.1, 0.15) is 0 Å². The zero-order chi connectivity index (χ0) is 14.4. The van der Waals surface area contributed by atoms with Crippen molar-refractivity contribution in [2.75, 3.05) is 20.1 Å². The lowest BCUT2D eigenvalue weighted by atomic mass is 9.94. The van der Waals surface area contributed by atoms with Crippen LogP contribution in [0.25, 0.3) is 0 Å². The lowest BCUT2D eigenvalue weighted by molar-refractivity contribution is -0.135. The molecule has 1 aliphatic rings. The summed E-state index contributed by atoms with van der Waals surface area (Å²) in [4.78, 5) is 25.1. The number of carbonyl (C=O) groups is 2. The molecule has 0 aromatic carbocycles. The maximum atomic E-state index is 12.0. The molecule has 1 atom stereocenters. The Labute approximate surface area is 115 Å². The van der Waals surface area contributed by atoms with Gasteiger partial charge in [0.2, 0.25) is 11.8 Å². The molecule has 3 N–H and O–H groups in total. The molecule has 1 saturated carbocycles. The van der Waals surface area contributed by atoms with Gasteiger partial charge in [-0.05, 0) is 37.6 Å². The number of nitrogens with two attached hydrogens (primary N) is 1. The van der Waals surface area contributed by atoms with Crippen LogP contribution in [0, 0.1) is 11.8 Å². The molecular formula is C14H27N3O2. The molecule has 0 aliphatic heterocycles. The van der Waals surface area contributed by atoms with Crippen LogP contribution >= 0.6 is 0 Å². The van der Waals surface area contributed by atoms with Crippen molar-refractivity contribution in [1.82, 2.24) is 10.2 Å². The van der Waals surface area contributed by atoms with Crippen molar-refractivity contribution >= 4 is 11.8 Å². The highest BCUT2D eigenvalue weighted by atomic mass is 16.2. The minimum atomic E-state index is -0.0634. The van der Waals surface area contributed by atoms with E-state index in [0.717, 1.165) is 19.3 Å². The predicted molar refractivity (Wildman–Crippen MR) is 75.4 cm³/mol. The standard InChI is InChI=1S/C14H27N3O2/c1-10(2)6-11(8-15)7-14(19)17(3)9-13(18)16-12-4-5-12/h10-12H,4-9,15H2,1-3H3,(H,16,18)/t11-/m0/s1. The van der Waals surface area contributed by atoms with Crippen molar-refractivity contribution in [3.63, 3.8) is 0 Å². The first kappa shape index (κ1) is 16.0. The van der Waals surface area contributed by atoms with Crippen molar-refractivity contribution < 1.29 is 9.59 Å². The minimum Gasteiger partial charge on any atom is -0.352 e. The van der Waals surface area contributed by atoms with Crippen LogP contribution in [-0.2, 0) is 9.59 Å². The Bertz CT molecular complexity index is 314. The predicted octanol–water partition coefficient (Wildman–Crippen LogP) is 0.735. The van der Waals surface area contributed by atoms with Crippen LogP contribution in [0.15, 0.2) is 0 Å². The van der Waals surface area contributed by atoms with Gasteiger partial charge in [-0.3, -0.25) is 9.59 Å². The topological polar surface area (TPSA) is 75.4 Å². The fourth-order valence-electron chi connectivity index (χ4n) is 2.14. The smallest absolute Gasteiger partial charge is 0.239 e. The zero-order valence-corrected chi connectivity index (χ0v) is 12.3. The van der Waals surface area contributed by atoms with Crippen molar-refractivity contribution in [2.24, 2.45) is 17.6 Å². The van der Waals surface area contributed by atoms with Gasteiger partial charge in [-0.25, -0.2) is 0 Å². The number of amides is 2. The monoisotopic (exact) mass is 269 g/mol. The SMILES string of the molecule is CC(C)C[C@H](CN)CC(=O)N(C)CC(=O)NC1CC1. The van der Waals surface area contributed by atoms with E-state index in [1.807, 2.05) is 0 Å². The Morgan fingerprint density at radius 1 is 1.37 bits per heavy atom. The molecule has 2 amide bonds. The molecule has 0 saturated heterocycles. The molecule has 110 valence electrons. The Kier molecular flexibility index (Phi) is 6.28. The highest BCUT2D eigenvalue weighted by Crippen LogP contribution is 2.18. The molecule has 0 aromatic rings. The van der Waals surface area contributed by atoms with Crippen LogP contribution in [0.1, 0.15) is 39.5 Å². The molecule has 1 aliphatic carbocycles. The van der Waals surface area contributed by atoms with Gasteiger partial charge in [0.05, 0.1) is 6.54 Å². The van der Waals surface area contributed by atoms with Crippen LogP contribution in [-0.4, -0.2) is 42.9 Å². The van der Waals surface area contributed by atoms with E-state index in [1.54, 1.807) is 7.05 Å². The summed E-state index contributed by atoms with van der Waals surface area (Å²) in [5.74, 6) is 0.680. The summed E-state index contributed by atoms with van der Waals surface area (Å²) in [5.41, 5.74) is 5.69. The maximum absolute atomic E-state index is 12.0. The van der Waals surface area contributed by atoms with Gasteiger partial charge in [-0.2, -0.15) is 0 Å². The van der Waals surface area contributed by atoms with E-state index in [-0.39, 0.29) is 24.3 Å². The van der Waals surface area contributed by atoms with Gasteiger partial charge in [0, 0.05) is 19.5 Å². The number of rotatable bonds is 8. The van der Waals surface area contributed by atoms with E-state index < -0.39 is 0 Å². The molecule has 1 rings (SSSR count). The summed E-state index contributed by atoms with van der Waals surface area (Å²) in [6, 6.07) is 0.341. The largest absolute Gasteiger partial charge is 0.352 e. The highest BCUT2D eigenvalue weighted by Gasteiger charge is 2.24. The van der Waals surface area contributed by atoms with E-state index in [2.05, 4.69) is 19.2 Å². The van der Waals surface area contributed by atoms with Gasteiger partial charge in [0.15, 0.2) is 0 Å². The lowest BCUT2D eigenvalue weighted by Crippen LogP contribution is -2.40. The average Bonchev–Trinajstić information content (AvgIpc) is 3.10. The minimum absolute atomic E-state index is 0.00190. The molecule has 0 aromatic heterocycles. The molecular weight excluding hydrogens is 242 g/mol. The number of carbonyl (C=O) groups excluding carboxylic acids is 2. The molecule has 0 heterocycles. The first-order valence-corrected chi connectivity index (χ1v) is 7.15. The van der Waals surface area contributed by atoms with Crippen molar-refractivity contribution in [1.29, 1.82) is 0 Å². The van der Waals surface area contributed by atoms with E-state index in [4.69, 9.17) is 5.73 Å². The highest BCUT2D eigenvalue weighted by molar-refractivity contribution is 5.85. The number of hydrogen-bond acceptors (Lipinski definition) is 3. The van der Waals surface area contributed by atoms with E-state index >= 15 is 0 Å². The van der Waals surface area contributed by atoms with Gasteiger partial charge in [-0.15, -0.1) is 0 Å². The molecule has 1 fully saturated rings. The van der Waals surface area contributed by atoms with Crippen LogP contribution in [0.4, 0.5) is 0 Å². The maximum Gasteiger partial charge on any atom is 0.239 e. The Morgan fingerprint density at radius 3 is 2.47 bits per heavy atom. The molecule has 0 unspecified atom stereocenters. The Hall–Kier alpha value is -1.10. The molecule has 0 bridgehead atoms. The lowest BCUT2D eigenvalue weighted by Gasteiger charge is -2.21. The second kappa shape index (κ2) is 7.48. The summed E-state index contributed by atoms with van der Waals surface area (Å²) in [7, 11) is 1.68. The number of nitrogens with one attached hydrogen (secondary N) is 1. The number of nitrogens with zero attached hydrogens (tertiary/aromatic N) is 1. The van der Waals surface area contributed by atoms with Crippen molar-refractivity contribution in [3.05, 3.63) is 0 Å². The second-order valence-electron chi connectivity index (χ2n) is 6.03. The van der Waals surface area contributed by atoms with Crippen LogP contribution < -0.4 is 11.1 Å². The zero-order valence-electron chi connectivity index (χ0n) is 12.3. The molecule has 19 heavy (non-hydrogen) atoms. The first-order valence-electron chi connectivity index (χ1n) is 7.15. The molecule has 0 radical (unpaired) electrons. The molecule has 5 heteroatoms. The summed E-state index contributed by atoms with van der Waals surface area (Å²) in [6.07, 6.45) is 3.51. The normalized spacial score (nSPS) is 16.3. The van der Waals surface area contributed by atoms with Gasteiger partial charge in [0.25, 0.3) is 0 Å². The third-order valence-corrected chi connectivity index (χ3v) is 3.35. The molecule has 0 spiro atoms. The third-order valence-electron chi connectivity index (χ3n) is 3.35. The summed E-state index contributed by atoms with van der Waals surface area (Å²) in [5, 5.41) is 2.88. The number of hydrogen-bond donors (Lipinski definition) is 2. The average molecular weight is 269 g/mol. The number of likely N-dealkylation sites (N-methyl/N-ethyl adjacent to an activating group) is 1. The molecule has 5 nitrogen and oxygen atoms in total. The summed E-state index contributed by atoms with van der Waals surface area (Å²) in [6.45, 7) is 4.92. The van der Waals surface area contributed by atoms with Crippen LogP contribution in [0.5, 0.6) is 0 Å². The van der Waals surface area contributed by atoms with Crippen molar-refractivity contribution in [3.8, 4) is 0 Å². The first-order chi connectivity index (χ1) is 8.92. The van der Waals surface area contributed by atoms with Gasteiger partial charge < -0.3 is 16.0 Å². The summed E-state index contributed by atoms with van der Waals surface area (Å²) >= 11 is 0. The quantitative estimate of drug-likeness (QED) is 0.682. The van der Waals surface area contributed by atoms with Gasteiger partial charge in [-0.1, -0.05) is 13.8 Å². The van der Waals surface area contributed by atoms with Crippen LogP contribution in [0.3, 0.4) is 0 Å².